The topological polar surface area (TPSA) is 41.1 Å². The van der Waals surface area contributed by atoms with E-state index < -0.39 is 0 Å². The summed E-state index contributed by atoms with van der Waals surface area (Å²) in [5.74, 6) is 0.00545. The number of benzene rings is 2. The average molecular weight is 296 g/mol. The standard InChI is InChI=1S/C19H24N2O/c1-4-17-7-5-6-15(3)19(17)21-13-18(22)20-12-16-10-8-14(2)9-11-16/h5-11,21H,4,12-13H2,1-3H3,(H,20,22). The van der Waals surface area contributed by atoms with E-state index in [4.69, 9.17) is 0 Å². The van der Waals surface area contributed by atoms with Gasteiger partial charge in [0.1, 0.15) is 0 Å². The molecule has 0 aromatic heterocycles. The highest BCUT2D eigenvalue weighted by Gasteiger charge is 2.06. The third kappa shape index (κ3) is 4.35. The maximum Gasteiger partial charge on any atom is 0.239 e. The molecular formula is C19H24N2O. The van der Waals surface area contributed by atoms with Crippen LogP contribution in [0.2, 0.25) is 0 Å². The van der Waals surface area contributed by atoms with Crippen LogP contribution in [0.4, 0.5) is 5.69 Å². The maximum atomic E-state index is 12.0. The first kappa shape index (κ1) is 16.1. The molecule has 0 fully saturated rings. The zero-order valence-corrected chi connectivity index (χ0v) is 13.6. The molecule has 0 heterocycles. The molecule has 0 aliphatic carbocycles. The van der Waals surface area contributed by atoms with Crippen molar-refractivity contribution in [2.75, 3.05) is 11.9 Å². The Labute approximate surface area is 132 Å². The predicted octanol–water partition coefficient (Wildman–Crippen LogP) is 3.59. The molecule has 1 amide bonds. The summed E-state index contributed by atoms with van der Waals surface area (Å²) < 4.78 is 0. The monoisotopic (exact) mass is 296 g/mol. The van der Waals surface area contributed by atoms with Gasteiger partial charge in [0, 0.05) is 12.2 Å². The van der Waals surface area contributed by atoms with Gasteiger partial charge in [-0.05, 0) is 37.0 Å². The van der Waals surface area contributed by atoms with Gasteiger partial charge in [0.25, 0.3) is 0 Å². The first-order chi connectivity index (χ1) is 10.6. The van der Waals surface area contributed by atoms with Gasteiger partial charge in [-0.1, -0.05) is 55.0 Å². The van der Waals surface area contributed by atoms with Crippen LogP contribution in [0.3, 0.4) is 0 Å². The van der Waals surface area contributed by atoms with Gasteiger partial charge in [0.15, 0.2) is 0 Å². The molecule has 0 aliphatic rings. The quantitative estimate of drug-likeness (QED) is 0.855. The number of carbonyl (C=O) groups excluding carboxylic acids is 1. The fourth-order valence-corrected chi connectivity index (χ4v) is 2.41. The van der Waals surface area contributed by atoms with Crippen molar-refractivity contribution in [3.8, 4) is 0 Å². The summed E-state index contributed by atoms with van der Waals surface area (Å²) in [5, 5.41) is 6.21. The van der Waals surface area contributed by atoms with Crippen molar-refractivity contribution in [2.45, 2.75) is 33.7 Å². The highest BCUT2D eigenvalue weighted by Crippen LogP contribution is 2.20. The molecule has 3 heteroatoms. The lowest BCUT2D eigenvalue weighted by Crippen LogP contribution is -2.29. The molecule has 2 aromatic rings. The van der Waals surface area contributed by atoms with Gasteiger partial charge < -0.3 is 10.6 Å². The normalized spacial score (nSPS) is 10.3. The van der Waals surface area contributed by atoms with Gasteiger partial charge >= 0.3 is 0 Å². The third-order valence-electron chi connectivity index (χ3n) is 3.78. The van der Waals surface area contributed by atoms with Gasteiger partial charge in [0.05, 0.1) is 6.54 Å². The van der Waals surface area contributed by atoms with Crippen molar-refractivity contribution in [3.05, 3.63) is 64.7 Å². The number of carbonyl (C=O) groups is 1. The zero-order chi connectivity index (χ0) is 15.9. The van der Waals surface area contributed by atoms with Crippen molar-refractivity contribution < 1.29 is 4.79 Å². The number of rotatable bonds is 6. The van der Waals surface area contributed by atoms with Crippen LogP contribution in [0.5, 0.6) is 0 Å². The van der Waals surface area contributed by atoms with Crippen LogP contribution < -0.4 is 10.6 Å². The molecule has 0 spiro atoms. The minimum absolute atomic E-state index is 0.00545. The Kier molecular flexibility index (Phi) is 5.59. The summed E-state index contributed by atoms with van der Waals surface area (Å²) >= 11 is 0. The SMILES string of the molecule is CCc1cccc(C)c1NCC(=O)NCc1ccc(C)cc1. The summed E-state index contributed by atoms with van der Waals surface area (Å²) in [6.45, 7) is 7.10. The molecule has 0 unspecified atom stereocenters. The Hall–Kier alpha value is -2.29. The Morgan fingerprint density at radius 1 is 1.05 bits per heavy atom. The first-order valence-electron chi connectivity index (χ1n) is 7.74. The summed E-state index contributed by atoms with van der Waals surface area (Å²) in [5.41, 5.74) is 5.83. The number of amides is 1. The lowest BCUT2D eigenvalue weighted by molar-refractivity contribution is -0.119. The summed E-state index contributed by atoms with van der Waals surface area (Å²) in [6, 6.07) is 14.4. The maximum absolute atomic E-state index is 12.0. The summed E-state index contributed by atoms with van der Waals surface area (Å²) in [4.78, 5) is 12.0. The molecule has 0 bridgehead atoms. The Balaban J connectivity index is 1.87. The fourth-order valence-electron chi connectivity index (χ4n) is 2.41. The van der Waals surface area contributed by atoms with Crippen LogP contribution >= 0.6 is 0 Å². The second kappa shape index (κ2) is 7.64. The predicted molar refractivity (Wildman–Crippen MR) is 92.1 cm³/mol. The van der Waals surface area contributed by atoms with Gasteiger partial charge in [0.2, 0.25) is 5.91 Å². The minimum Gasteiger partial charge on any atom is -0.376 e. The van der Waals surface area contributed by atoms with Crippen molar-refractivity contribution in [1.82, 2.24) is 5.32 Å². The number of nitrogens with one attached hydrogen (secondary N) is 2. The number of anilines is 1. The van der Waals surface area contributed by atoms with Crippen LogP contribution in [0.1, 0.15) is 29.2 Å². The van der Waals surface area contributed by atoms with E-state index in [2.05, 4.69) is 61.7 Å². The number of hydrogen-bond donors (Lipinski definition) is 2. The first-order valence-corrected chi connectivity index (χ1v) is 7.74. The van der Waals surface area contributed by atoms with E-state index in [1.54, 1.807) is 0 Å². The van der Waals surface area contributed by atoms with E-state index in [-0.39, 0.29) is 5.91 Å². The molecule has 116 valence electrons. The lowest BCUT2D eigenvalue weighted by Gasteiger charge is -2.14. The van der Waals surface area contributed by atoms with E-state index in [1.165, 1.54) is 16.7 Å². The lowest BCUT2D eigenvalue weighted by atomic mass is 10.1. The van der Waals surface area contributed by atoms with Crippen LogP contribution in [0.25, 0.3) is 0 Å². The fraction of sp³-hybridized carbons (Fsp3) is 0.316. The number of para-hydroxylation sites is 1. The molecule has 22 heavy (non-hydrogen) atoms. The number of hydrogen-bond acceptors (Lipinski definition) is 2. The largest absolute Gasteiger partial charge is 0.376 e. The van der Waals surface area contributed by atoms with Crippen molar-refractivity contribution in [2.24, 2.45) is 0 Å². The molecule has 3 nitrogen and oxygen atoms in total. The third-order valence-corrected chi connectivity index (χ3v) is 3.78. The smallest absolute Gasteiger partial charge is 0.239 e. The van der Waals surface area contributed by atoms with Gasteiger partial charge in [-0.3, -0.25) is 4.79 Å². The molecule has 0 atom stereocenters. The molecule has 0 saturated heterocycles. The van der Waals surface area contributed by atoms with Crippen molar-refractivity contribution >= 4 is 11.6 Å². The number of aryl methyl sites for hydroxylation is 3. The van der Waals surface area contributed by atoms with E-state index in [0.717, 1.165) is 17.7 Å². The summed E-state index contributed by atoms with van der Waals surface area (Å²) in [7, 11) is 0. The molecule has 0 aliphatic heterocycles. The van der Waals surface area contributed by atoms with E-state index >= 15 is 0 Å². The second-order valence-electron chi connectivity index (χ2n) is 5.58. The Bertz CT molecular complexity index is 632. The van der Waals surface area contributed by atoms with Gasteiger partial charge in [-0.25, -0.2) is 0 Å². The summed E-state index contributed by atoms with van der Waals surface area (Å²) in [6.07, 6.45) is 0.953. The van der Waals surface area contributed by atoms with Gasteiger partial charge in [-0.15, -0.1) is 0 Å². The van der Waals surface area contributed by atoms with Gasteiger partial charge in [-0.2, -0.15) is 0 Å². The van der Waals surface area contributed by atoms with E-state index in [0.29, 0.717) is 13.1 Å². The highest BCUT2D eigenvalue weighted by molar-refractivity contribution is 5.81. The average Bonchev–Trinajstić information content (AvgIpc) is 2.53. The Morgan fingerprint density at radius 3 is 2.45 bits per heavy atom. The van der Waals surface area contributed by atoms with Crippen molar-refractivity contribution in [3.63, 3.8) is 0 Å². The van der Waals surface area contributed by atoms with E-state index in [9.17, 15) is 4.79 Å². The minimum atomic E-state index is 0.00545. The van der Waals surface area contributed by atoms with Crippen molar-refractivity contribution in [1.29, 1.82) is 0 Å². The molecule has 0 radical (unpaired) electrons. The Morgan fingerprint density at radius 2 is 1.77 bits per heavy atom. The molecule has 0 saturated carbocycles. The molecule has 2 aromatic carbocycles. The molecule has 2 N–H and O–H groups in total. The zero-order valence-electron chi connectivity index (χ0n) is 13.6. The van der Waals surface area contributed by atoms with Crippen LogP contribution in [-0.2, 0) is 17.8 Å². The van der Waals surface area contributed by atoms with Crippen LogP contribution in [0, 0.1) is 13.8 Å². The second-order valence-corrected chi connectivity index (χ2v) is 5.58. The molecular weight excluding hydrogens is 272 g/mol. The van der Waals surface area contributed by atoms with Crippen LogP contribution in [-0.4, -0.2) is 12.5 Å². The van der Waals surface area contributed by atoms with Crippen LogP contribution in [0.15, 0.2) is 42.5 Å². The molecule has 2 rings (SSSR count). The highest BCUT2D eigenvalue weighted by atomic mass is 16.1. The van der Waals surface area contributed by atoms with E-state index in [1.807, 2.05) is 12.1 Å².